The predicted octanol–water partition coefficient (Wildman–Crippen LogP) is 0.957. The number of carbonyl (C=O) groups is 1. The van der Waals surface area contributed by atoms with Gasteiger partial charge in [-0.1, -0.05) is 13.0 Å². The number of hydrogen-bond acceptors (Lipinski definition) is 4. The van der Waals surface area contributed by atoms with Crippen LogP contribution in [0.2, 0.25) is 0 Å². The van der Waals surface area contributed by atoms with E-state index in [0.717, 1.165) is 17.1 Å². The summed E-state index contributed by atoms with van der Waals surface area (Å²) in [5.74, 6) is 1.34. The highest BCUT2D eigenvalue weighted by molar-refractivity contribution is 5.78. The van der Waals surface area contributed by atoms with E-state index in [4.69, 9.17) is 15.2 Å². The molecule has 1 rings (SSSR count). The summed E-state index contributed by atoms with van der Waals surface area (Å²) in [6.45, 7) is 2.73. The first-order valence-electron chi connectivity index (χ1n) is 6.31. The van der Waals surface area contributed by atoms with Crippen molar-refractivity contribution in [2.75, 3.05) is 27.3 Å². The van der Waals surface area contributed by atoms with Crippen molar-refractivity contribution in [2.45, 2.75) is 13.3 Å². The minimum absolute atomic E-state index is 0.0185. The second-order valence-electron chi connectivity index (χ2n) is 4.36. The molecule has 0 aliphatic rings. The molecule has 5 heteroatoms. The molecule has 5 nitrogen and oxygen atoms in total. The number of carbonyl (C=O) groups excluding carboxylic acids is 1. The highest BCUT2D eigenvalue weighted by Gasteiger charge is 2.10. The Bertz CT molecular complexity index is 421. The number of benzene rings is 1. The molecule has 0 fully saturated rings. The van der Waals surface area contributed by atoms with Gasteiger partial charge in [0.25, 0.3) is 0 Å². The van der Waals surface area contributed by atoms with Crippen LogP contribution < -0.4 is 20.5 Å². The predicted molar refractivity (Wildman–Crippen MR) is 74.5 cm³/mol. The molecule has 0 spiro atoms. The Labute approximate surface area is 114 Å². The van der Waals surface area contributed by atoms with Crippen LogP contribution >= 0.6 is 0 Å². The highest BCUT2D eigenvalue weighted by Crippen LogP contribution is 2.24. The van der Waals surface area contributed by atoms with Crippen LogP contribution in [0.3, 0.4) is 0 Å². The van der Waals surface area contributed by atoms with E-state index in [1.807, 2.05) is 25.1 Å². The van der Waals surface area contributed by atoms with Crippen molar-refractivity contribution < 1.29 is 14.3 Å². The van der Waals surface area contributed by atoms with Gasteiger partial charge in [-0.2, -0.15) is 0 Å². The van der Waals surface area contributed by atoms with Gasteiger partial charge in [0.15, 0.2) is 0 Å². The smallest absolute Gasteiger partial charge is 0.224 e. The molecule has 1 unspecified atom stereocenters. The van der Waals surface area contributed by atoms with Crippen LogP contribution in [0.4, 0.5) is 0 Å². The third-order valence-corrected chi connectivity index (χ3v) is 2.99. The molecule has 0 bridgehead atoms. The number of nitrogens with two attached hydrogens (primary N) is 1. The van der Waals surface area contributed by atoms with Crippen molar-refractivity contribution in [2.24, 2.45) is 11.7 Å². The first-order valence-corrected chi connectivity index (χ1v) is 6.31. The Hall–Kier alpha value is -1.75. The molecule has 106 valence electrons. The van der Waals surface area contributed by atoms with Crippen molar-refractivity contribution in [3.8, 4) is 11.5 Å². The normalized spacial score (nSPS) is 11.8. The molecule has 0 saturated heterocycles. The lowest BCUT2D eigenvalue weighted by Crippen LogP contribution is -2.34. The standard InChI is InChI=1S/C14H22N2O3/c1-10(9-15)14(17)16-7-6-11-4-5-12(18-2)8-13(11)19-3/h4-5,8,10H,6-7,9,15H2,1-3H3,(H,16,17). The maximum absolute atomic E-state index is 11.6. The average molecular weight is 266 g/mol. The maximum Gasteiger partial charge on any atom is 0.224 e. The third-order valence-electron chi connectivity index (χ3n) is 2.99. The first-order chi connectivity index (χ1) is 9.12. The topological polar surface area (TPSA) is 73.6 Å². The number of hydrogen-bond donors (Lipinski definition) is 2. The fourth-order valence-electron chi connectivity index (χ4n) is 1.66. The summed E-state index contributed by atoms with van der Waals surface area (Å²) >= 11 is 0. The second kappa shape index (κ2) is 7.63. The first kappa shape index (κ1) is 15.3. The fraction of sp³-hybridized carbons (Fsp3) is 0.500. The van der Waals surface area contributed by atoms with Crippen LogP contribution in [0.25, 0.3) is 0 Å². The summed E-state index contributed by atoms with van der Waals surface area (Å²) in [5.41, 5.74) is 6.47. The van der Waals surface area contributed by atoms with Crippen LogP contribution in [-0.2, 0) is 11.2 Å². The largest absolute Gasteiger partial charge is 0.497 e. The summed E-state index contributed by atoms with van der Waals surface area (Å²) in [4.78, 5) is 11.6. The van der Waals surface area contributed by atoms with Gasteiger partial charge >= 0.3 is 0 Å². The Kier molecular flexibility index (Phi) is 6.15. The second-order valence-corrected chi connectivity index (χ2v) is 4.36. The SMILES string of the molecule is COc1ccc(CCNC(=O)C(C)CN)c(OC)c1. The summed E-state index contributed by atoms with van der Waals surface area (Å²) < 4.78 is 10.4. The fourth-order valence-corrected chi connectivity index (χ4v) is 1.66. The Morgan fingerprint density at radius 3 is 2.68 bits per heavy atom. The molecule has 1 aromatic carbocycles. The quantitative estimate of drug-likeness (QED) is 0.771. The summed E-state index contributed by atoms with van der Waals surface area (Å²) in [6, 6.07) is 5.65. The Morgan fingerprint density at radius 2 is 2.11 bits per heavy atom. The van der Waals surface area contributed by atoms with Gasteiger partial charge in [0, 0.05) is 25.1 Å². The van der Waals surface area contributed by atoms with Crippen LogP contribution in [0.15, 0.2) is 18.2 Å². The minimum atomic E-state index is -0.155. The summed E-state index contributed by atoms with van der Waals surface area (Å²) in [7, 11) is 3.23. The molecule has 1 amide bonds. The van der Waals surface area contributed by atoms with Crippen LogP contribution in [0, 0.1) is 5.92 Å². The van der Waals surface area contributed by atoms with Gasteiger partial charge in [0.05, 0.1) is 14.2 Å². The van der Waals surface area contributed by atoms with Gasteiger partial charge in [-0.3, -0.25) is 4.79 Å². The number of rotatable bonds is 7. The van der Waals surface area contributed by atoms with E-state index in [1.165, 1.54) is 0 Å². The molecular weight excluding hydrogens is 244 g/mol. The van der Waals surface area contributed by atoms with E-state index < -0.39 is 0 Å². The van der Waals surface area contributed by atoms with E-state index in [9.17, 15) is 4.79 Å². The van der Waals surface area contributed by atoms with Crippen molar-refractivity contribution in [3.63, 3.8) is 0 Å². The number of nitrogens with one attached hydrogen (secondary N) is 1. The number of amides is 1. The molecular formula is C14H22N2O3. The maximum atomic E-state index is 11.6. The van der Waals surface area contributed by atoms with Crippen molar-refractivity contribution in [1.82, 2.24) is 5.32 Å². The van der Waals surface area contributed by atoms with Crippen molar-refractivity contribution >= 4 is 5.91 Å². The van der Waals surface area contributed by atoms with Gasteiger partial charge in [0.2, 0.25) is 5.91 Å². The van der Waals surface area contributed by atoms with Gasteiger partial charge in [-0.25, -0.2) is 0 Å². The van der Waals surface area contributed by atoms with Gasteiger partial charge < -0.3 is 20.5 Å². The third kappa shape index (κ3) is 4.44. The number of ether oxygens (including phenoxy) is 2. The van der Waals surface area contributed by atoms with Crippen molar-refractivity contribution in [1.29, 1.82) is 0 Å². The van der Waals surface area contributed by atoms with E-state index in [2.05, 4.69) is 5.32 Å². The van der Waals surface area contributed by atoms with E-state index in [1.54, 1.807) is 14.2 Å². The minimum Gasteiger partial charge on any atom is -0.497 e. The molecule has 3 N–H and O–H groups in total. The molecule has 1 aromatic rings. The van der Waals surface area contributed by atoms with Crippen molar-refractivity contribution in [3.05, 3.63) is 23.8 Å². The molecule has 0 radical (unpaired) electrons. The van der Waals surface area contributed by atoms with Gasteiger partial charge in [-0.15, -0.1) is 0 Å². The van der Waals surface area contributed by atoms with Crippen LogP contribution in [-0.4, -0.2) is 33.2 Å². The number of methoxy groups -OCH3 is 2. The lowest BCUT2D eigenvalue weighted by Gasteiger charge is -2.12. The Balaban J connectivity index is 2.56. The average Bonchev–Trinajstić information content (AvgIpc) is 2.46. The van der Waals surface area contributed by atoms with Crippen LogP contribution in [0.5, 0.6) is 11.5 Å². The molecule has 0 aliphatic carbocycles. The molecule has 0 aliphatic heterocycles. The molecule has 19 heavy (non-hydrogen) atoms. The van der Waals surface area contributed by atoms with Gasteiger partial charge in [0.1, 0.15) is 11.5 Å². The lowest BCUT2D eigenvalue weighted by atomic mass is 10.1. The molecule has 0 heterocycles. The highest BCUT2D eigenvalue weighted by atomic mass is 16.5. The monoisotopic (exact) mass is 266 g/mol. The summed E-state index contributed by atoms with van der Waals surface area (Å²) in [6.07, 6.45) is 0.705. The van der Waals surface area contributed by atoms with E-state index in [0.29, 0.717) is 19.5 Å². The van der Waals surface area contributed by atoms with E-state index in [-0.39, 0.29) is 11.8 Å². The zero-order chi connectivity index (χ0) is 14.3. The zero-order valence-corrected chi connectivity index (χ0v) is 11.7. The summed E-state index contributed by atoms with van der Waals surface area (Å²) in [5, 5.41) is 2.86. The molecule has 1 atom stereocenters. The van der Waals surface area contributed by atoms with Gasteiger partial charge in [-0.05, 0) is 18.1 Å². The lowest BCUT2D eigenvalue weighted by molar-refractivity contribution is -0.124. The van der Waals surface area contributed by atoms with E-state index >= 15 is 0 Å². The van der Waals surface area contributed by atoms with Crippen LogP contribution in [0.1, 0.15) is 12.5 Å². The molecule has 0 aromatic heterocycles. The molecule has 0 saturated carbocycles. The Morgan fingerprint density at radius 1 is 1.37 bits per heavy atom. The zero-order valence-electron chi connectivity index (χ0n) is 11.7.